The number of carbonyl (C=O) groups excluding carboxylic acids is 1. The van der Waals surface area contributed by atoms with Crippen LogP contribution in [0.25, 0.3) is 0 Å². The molecule has 5 nitrogen and oxygen atoms in total. The molecule has 1 saturated heterocycles. The fourth-order valence-electron chi connectivity index (χ4n) is 2.23. The summed E-state index contributed by atoms with van der Waals surface area (Å²) in [6, 6.07) is 0.155. The van der Waals surface area contributed by atoms with Crippen LogP contribution in [0, 0.1) is 0 Å². The minimum atomic E-state index is -0.935. The largest absolute Gasteiger partial charge is 0.480 e. The number of ether oxygens (including phenoxy) is 1. The maximum absolute atomic E-state index is 12.0. The Morgan fingerprint density at radius 3 is 2.53 bits per heavy atom. The van der Waals surface area contributed by atoms with Crippen LogP contribution in [0.5, 0.6) is 0 Å². The van der Waals surface area contributed by atoms with Crippen LogP contribution in [-0.2, 0) is 14.3 Å². The normalized spacial score (nSPS) is 24.4. The van der Waals surface area contributed by atoms with E-state index in [1.54, 1.807) is 0 Å². The number of carboxylic acid groups (broad SMARTS) is 1. The van der Waals surface area contributed by atoms with Crippen LogP contribution in [0.2, 0.25) is 0 Å². The van der Waals surface area contributed by atoms with Crippen LogP contribution in [-0.4, -0.2) is 47.2 Å². The van der Waals surface area contributed by atoms with Crippen molar-refractivity contribution >= 4 is 11.9 Å². The van der Waals surface area contributed by atoms with Gasteiger partial charge in [0.2, 0.25) is 5.91 Å². The van der Waals surface area contributed by atoms with Crippen LogP contribution < -0.4 is 0 Å². The number of aliphatic carboxylic acids is 1. The van der Waals surface area contributed by atoms with Gasteiger partial charge in [-0.05, 0) is 32.1 Å². The first-order chi connectivity index (χ1) is 8.16. The van der Waals surface area contributed by atoms with Gasteiger partial charge in [0.15, 0.2) is 0 Å². The summed E-state index contributed by atoms with van der Waals surface area (Å²) in [5.74, 6) is -1.00. The summed E-state index contributed by atoms with van der Waals surface area (Å²) in [5.41, 5.74) is 0. The zero-order chi connectivity index (χ0) is 12.3. The molecule has 0 aromatic heterocycles. The minimum Gasteiger partial charge on any atom is -0.480 e. The van der Waals surface area contributed by atoms with Crippen molar-refractivity contribution in [3.8, 4) is 0 Å². The summed E-state index contributed by atoms with van der Waals surface area (Å²) in [6.45, 7) is 0.552. The second-order valence-electron chi connectivity index (χ2n) is 4.84. The van der Waals surface area contributed by atoms with Gasteiger partial charge in [-0.2, -0.15) is 0 Å². The number of carbonyl (C=O) groups is 2. The Labute approximate surface area is 101 Å². The third-order valence-corrected chi connectivity index (χ3v) is 3.29. The first-order valence-corrected chi connectivity index (χ1v) is 6.29. The number of hydrogen-bond acceptors (Lipinski definition) is 3. The molecule has 0 aromatic rings. The summed E-state index contributed by atoms with van der Waals surface area (Å²) in [7, 11) is 0. The smallest absolute Gasteiger partial charge is 0.323 e. The Morgan fingerprint density at radius 2 is 2.00 bits per heavy atom. The Bertz CT molecular complexity index is 295. The number of nitrogens with zero attached hydrogens (tertiary/aromatic N) is 1. The van der Waals surface area contributed by atoms with Crippen LogP contribution >= 0.6 is 0 Å². The lowest BCUT2D eigenvalue weighted by atomic mass is 10.1. The topological polar surface area (TPSA) is 66.8 Å². The van der Waals surface area contributed by atoms with Crippen molar-refractivity contribution in [3.63, 3.8) is 0 Å². The number of amides is 1. The van der Waals surface area contributed by atoms with E-state index < -0.39 is 5.97 Å². The zero-order valence-electron chi connectivity index (χ0n) is 9.93. The van der Waals surface area contributed by atoms with Crippen LogP contribution in [0.1, 0.15) is 38.5 Å². The summed E-state index contributed by atoms with van der Waals surface area (Å²) in [4.78, 5) is 24.2. The van der Waals surface area contributed by atoms with Crippen molar-refractivity contribution in [3.05, 3.63) is 0 Å². The molecule has 0 radical (unpaired) electrons. The SMILES string of the molecule is O=C(O)CN(C(=O)C[C@H]1CCCCO1)C1CC1. The average Bonchev–Trinajstić information content (AvgIpc) is 3.10. The van der Waals surface area contributed by atoms with Crippen LogP contribution in [0.15, 0.2) is 0 Å². The second-order valence-corrected chi connectivity index (χ2v) is 4.84. The van der Waals surface area contributed by atoms with Crippen LogP contribution in [0.4, 0.5) is 0 Å². The van der Waals surface area contributed by atoms with E-state index in [2.05, 4.69) is 0 Å². The van der Waals surface area contributed by atoms with Gasteiger partial charge in [-0.3, -0.25) is 9.59 Å². The second kappa shape index (κ2) is 5.49. The van der Waals surface area contributed by atoms with Crippen molar-refractivity contribution in [2.75, 3.05) is 13.2 Å². The highest BCUT2D eigenvalue weighted by atomic mass is 16.5. The fourth-order valence-corrected chi connectivity index (χ4v) is 2.23. The molecule has 17 heavy (non-hydrogen) atoms. The number of hydrogen-bond donors (Lipinski definition) is 1. The molecule has 2 fully saturated rings. The molecule has 2 aliphatic rings. The van der Waals surface area contributed by atoms with E-state index in [0.717, 1.165) is 38.7 Å². The average molecular weight is 241 g/mol. The molecule has 0 aromatic carbocycles. The lowest BCUT2D eigenvalue weighted by Crippen LogP contribution is -2.39. The standard InChI is InChI=1S/C12H19NO4/c14-11(7-10-3-1-2-6-17-10)13(8-12(15)16)9-4-5-9/h9-10H,1-8H2,(H,15,16)/t10-/m1/s1. The fraction of sp³-hybridized carbons (Fsp3) is 0.833. The zero-order valence-corrected chi connectivity index (χ0v) is 9.93. The maximum Gasteiger partial charge on any atom is 0.323 e. The molecule has 1 N–H and O–H groups in total. The molecule has 0 bridgehead atoms. The van der Waals surface area contributed by atoms with Gasteiger partial charge in [0.1, 0.15) is 6.54 Å². The Kier molecular flexibility index (Phi) is 3.99. The molecule has 5 heteroatoms. The molecule has 2 rings (SSSR count). The van der Waals surface area contributed by atoms with Gasteiger partial charge >= 0.3 is 5.97 Å². The van der Waals surface area contributed by atoms with E-state index in [4.69, 9.17) is 9.84 Å². The lowest BCUT2D eigenvalue weighted by Gasteiger charge is -2.26. The molecule has 0 spiro atoms. The Hall–Kier alpha value is -1.10. The van der Waals surface area contributed by atoms with Gasteiger partial charge in [-0.15, -0.1) is 0 Å². The van der Waals surface area contributed by atoms with Crippen molar-refractivity contribution in [2.24, 2.45) is 0 Å². The van der Waals surface area contributed by atoms with E-state index >= 15 is 0 Å². The molecule has 1 aliphatic carbocycles. The monoisotopic (exact) mass is 241 g/mol. The molecule has 1 amide bonds. The molecule has 96 valence electrons. The van der Waals surface area contributed by atoms with Gasteiger partial charge in [0.05, 0.1) is 12.5 Å². The number of carboxylic acids is 1. The highest BCUT2D eigenvalue weighted by molar-refractivity contribution is 5.82. The van der Waals surface area contributed by atoms with E-state index in [1.807, 2.05) is 0 Å². The molecule has 0 unspecified atom stereocenters. The third kappa shape index (κ3) is 3.70. The quantitative estimate of drug-likeness (QED) is 0.780. The highest BCUT2D eigenvalue weighted by Gasteiger charge is 2.34. The van der Waals surface area contributed by atoms with Crippen molar-refractivity contribution in [1.82, 2.24) is 4.90 Å². The van der Waals surface area contributed by atoms with Gasteiger partial charge in [-0.1, -0.05) is 0 Å². The maximum atomic E-state index is 12.0. The van der Waals surface area contributed by atoms with Gasteiger partial charge in [0.25, 0.3) is 0 Å². The minimum absolute atomic E-state index is 0.00806. The van der Waals surface area contributed by atoms with Crippen molar-refractivity contribution in [1.29, 1.82) is 0 Å². The molecule has 1 aliphatic heterocycles. The molecule has 1 heterocycles. The van der Waals surface area contributed by atoms with Gasteiger partial charge < -0.3 is 14.7 Å². The Balaban J connectivity index is 1.84. The van der Waals surface area contributed by atoms with Crippen molar-refractivity contribution in [2.45, 2.75) is 50.7 Å². The van der Waals surface area contributed by atoms with E-state index in [0.29, 0.717) is 6.42 Å². The number of rotatable bonds is 5. The lowest BCUT2D eigenvalue weighted by molar-refractivity contribution is -0.146. The summed E-state index contributed by atoms with van der Waals surface area (Å²) in [6.07, 6.45) is 5.27. The van der Waals surface area contributed by atoms with Crippen molar-refractivity contribution < 1.29 is 19.4 Å². The summed E-state index contributed by atoms with van der Waals surface area (Å²) < 4.78 is 5.51. The highest BCUT2D eigenvalue weighted by Crippen LogP contribution is 2.28. The first kappa shape index (κ1) is 12.4. The first-order valence-electron chi connectivity index (χ1n) is 6.29. The molecular formula is C12H19NO4. The molecule has 1 atom stereocenters. The molecular weight excluding hydrogens is 222 g/mol. The predicted octanol–water partition coefficient (Wildman–Crippen LogP) is 1.02. The predicted molar refractivity (Wildman–Crippen MR) is 60.6 cm³/mol. The third-order valence-electron chi connectivity index (χ3n) is 3.29. The van der Waals surface area contributed by atoms with E-state index in [1.165, 1.54) is 4.90 Å². The van der Waals surface area contributed by atoms with Gasteiger partial charge in [-0.25, -0.2) is 0 Å². The Morgan fingerprint density at radius 1 is 1.24 bits per heavy atom. The van der Waals surface area contributed by atoms with Gasteiger partial charge in [0, 0.05) is 12.6 Å². The van der Waals surface area contributed by atoms with E-state index in [9.17, 15) is 9.59 Å². The summed E-state index contributed by atoms with van der Waals surface area (Å²) >= 11 is 0. The van der Waals surface area contributed by atoms with E-state index in [-0.39, 0.29) is 24.6 Å². The summed E-state index contributed by atoms with van der Waals surface area (Å²) in [5, 5.41) is 8.79. The van der Waals surface area contributed by atoms with Crippen LogP contribution in [0.3, 0.4) is 0 Å². The molecule has 1 saturated carbocycles.